The summed E-state index contributed by atoms with van der Waals surface area (Å²) >= 11 is 0. The van der Waals surface area contributed by atoms with E-state index in [1.54, 1.807) is 0 Å². The first-order chi connectivity index (χ1) is 9.81. The highest BCUT2D eigenvalue weighted by molar-refractivity contribution is 5.04. The molecule has 0 aliphatic heterocycles. The summed E-state index contributed by atoms with van der Waals surface area (Å²) in [6, 6.07) is 0. The molecule has 0 amide bonds. The fourth-order valence-electron chi connectivity index (χ4n) is 4.06. The molecule has 4 unspecified atom stereocenters. The molecule has 0 spiro atoms. The Bertz CT molecular complexity index is 431. The standard InChI is InChI=1S/C16H27N3O/c1-2-11-7-8-12(9-11)15-18-16(20-19-15)14-6-4-3-5-13(14)10-17/h11-14H,2-10,17H2,1H3. The molecule has 4 atom stereocenters. The third-order valence-corrected chi connectivity index (χ3v) is 5.47. The van der Waals surface area contributed by atoms with Crippen molar-refractivity contribution in [2.75, 3.05) is 6.54 Å². The third kappa shape index (κ3) is 2.76. The average molecular weight is 277 g/mol. The molecule has 0 saturated heterocycles. The SMILES string of the molecule is CCC1CCC(c2noc(C3CCCCC3CN)n2)C1. The van der Waals surface area contributed by atoms with Crippen molar-refractivity contribution in [1.82, 2.24) is 10.1 Å². The lowest BCUT2D eigenvalue weighted by Gasteiger charge is -2.27. The van der Waals surface area contributed by atoms with Crippen molar-refractivity contribution in [2.45, 2.75) is 70.1 Å². The molecule has 2 fully saturated rings. The van der Waals surface area contributed by atoms with Crippen molar-refractivity contribution in [1.29, 1.82) is 0 Å². The first kappa shape index (κ1) is 14.1. The van der Waals surface area contributed by atoms with Gasteiger partial charge in [-0.25, -0.2) is 0 Å². The maximum absolute atomic E-state index is 5.91. The zero-order valence-electron chi connectivity index (χ0n) is 12.6. The maximum atomic E-state index is 5.91. The van der Waals surface area contributed by atoms with Gasteiger partial charge in [0.2, 0.25) is 5.89 Å². The molecule has 20 heavy (non-hydrogen) atoms. The van der Waals surface area contributed by atoms with E-state index in [1.165, 1.54) is 44.9 Å². The van der Waals surface area contributed by atoms with E-state index in [2.05, 4.69) is 12.1 Å². The zero-order chi connectivity index (χ0) is 13.9. The van der Waals surface area contributed by atoms with E-state index >= 15 is 0 Å². The van der Waals surface area contributed by atoms with E-state index in [0.29, 0.717) is 17.8 Å². The molecule has 1 heterocycles. The van der Waals surface area contributed by atoms with E-state index in [1.807, 2.05) is 0 Å². The quantitative estimate of drug-likeness (QED) is 0.913. The van der Waals surface area contributed by atoms with Crippen LogP contribution in [0.15, 0.2) is 4.52 Å². The predicted octanol–water partition coefficient (Wildman–Crippen LogP) is 3.60. The first-order valence-corrected chi connectivity index (χ1v) is 8.35. The summed E-state index contributed by atoms with van der Waals surface area (Å²) in [5.41, 5.74) is 5.91. The number of nitrogens with two attached hydrogens (primary N) is 1. The summed E-state index contributed by atoms with van der Waals surface area (Å²) in [6.45, 7) is 3.02. The van der Waals surface area contributed by atoms with Crippen molar-refractivity contribution in [3.8, 4) is 0 Å². The van der Waals surface area contributed by atoms with Crippen molar-refractivity contribution >= 4 is 0 Å². The van der Waals surface area contributed by atoms with E-state index in [-0.39, 0.29) is 0 Å². The molecule has 2 N–H and O–H groups in total. The highest BCUT2D eigenvalue weighted by atomic mass is 16.5. The topological polar surface area (TPSA) is 64.9 Å². The van der Waals surface area contributed by atoms with Gasteiger partial charge in [0.25, 0.3) is 0 Å². The Morgan fingerprint density at radius 3 is 2.80 bits per heavy atom. The fraction of sp³-hybridized carbons (Fsp3) is 0.875. The molecule has 4 nitrogen and oxygen atoms in total. The van der Waals surface area contributed by atoms with Gasteiger partial charge in [-0.1, -0.05) is 31.3 Å². The monoisotopic (exact) mass is 277 g/mol. The fourth-order valence-corrected chi connectivity index (χ4v) is 4.06. The number of hydrogen-bond donors (Lipinski definition) is 1. The molecule has 0 bridgehead atoms. The van der Waals surface area contributed by atoms with E-state index < -0.39 is 0 Å². The molecule has 0 radical (unpaired) electrons. The number of aromatic nitrogens is 2. The second-order valence-corrected chi connectivity index (χ2v) is 6.66. The third-order valence-electron chi connectivity index (χ3n) is 5.47. The summed E-state index contributed by atoms with van der Waals surface area (Å²) < 4.78 is 5.60. The Hall–Kier alpha value is -0.900. The minimum Gasteiger partial charge on any atom is -0.339 e. The van der Waals surface area contributed by atoms with E-state index in [0.717, 1.165) is 30.6 Å². The van der Waals surface area contributed by atoms with Gasteiger partial charge in [0.05, 0.1) is 0 Å². The average Bonchev–Trinajstić information content (AvgIpc) is 3.15. The molecule has 0 aromatic carbocycles. The summed E-state index contributed by atoms with van der Waals surface area (Å²) in [7, 11) is 0. The van der Waals surface area contributed by atoms with Gasteiger partial charge < -0.3 is 10.3 Å². The van der Waals surface area contributed by atoms with Gasteiger partial charge in [-0.15, -0.1) is 0 Å². The molecule has 2 saturated carbocycles. The number of rotatable bonds is 4. The zero-order valence-corrected chi connectivity index (χ0v) is 12.6. The van der Waals surface area contributed by atoms with Crippen LogP contribution in [0.1, 0.15) is 81.8 Å². The molecule has 4 heteroatoms. The molecular formula is C16H27N3O. The van der Waals surface area contributed by atoms with Crippen molar-refractivity contribution < 1.29 is 4.52 Å². The molecule has 1 aromatic rings. The molecule has 112 valence electrons. The van der Waals surface area contributed by atoms with Crippen LogP contribution in [0.5, 0.6) is 0 Å². The summed E-state index contributed by atoms with van der Waals surface area (Å²) in [6.07, 6.45) is 9.98. The molecule has 1 aromatic heterocycles. The van der Waals surface area contributed by atoms with Gasteiger partial charge in [0.1, 0.15) is 0 Å². The largest absolute Gasteiger partial charge is 0.339 e. The lowest BCUT2D eigenvalue weighted by atomic mass is 9.79. The second kappa shape index (κ2) is 6.25. The Morgan fingerprint density at radius 1 is 1.20 bits per heavy atom. The van der Waals surface area contributed by atoms with E-state index in [4.69, 9.17) is 15.2 Å². The Kier molecular flexibility index (Phi) is 4.39. The minimum atomic E-state index is 0.401. The van der Waals surface area contributed by atoms with Gasteiger partial charge in [-0.05, 0) is 50.5 Å². The summed E-state index contributed by atoms with van der Waals surface area (Å²) in [5, 5.41) is 4.28. The smallest absolute Gasteiger partial charge is 0.230 e. The van der Waals surface area contributed by atoms with Crippen LogP contribution in [-0.4, -0.2) is 16.7 Å². The lowest BCUT2D eigenvalue weighted by molar-refractivity contribution is 0.248. The second-order valence-electron chi connectivity index (χ2n) is 6.66. The van der Waals surface area contributed by atoms with Crippen molar-refractivity contribution in [2.24, 2.45) is 17.6 Å². The van der Waals surface area contributed by atoms with Crippen molar-refractivity contribution in [3.05, 3.63) is 11.7 Å². The van der Waals surface area contributed by atoms with Crippen LogP contribution in [0, 0.1) is 11.8 Å². The molecule has 2 aliphatic carbocycles. The predicted molar refractivity (Wildman–Crippen MR) is 78.4 cm³/mol. The Balaban J connectivity index is 1.70. The van der Waals surface area contributed by atoms with Crippen LogP contribution < -0.4 is 5.73 Å². The highest BCUT2D eigenvalue weighted by Gasteiger charge is 2.32. The summed E-state index contributed by atoms with van der Waals surface area (Å²) in [5.74, 6) is 4.13. The maximum Gasteiger partial charge on any atom is 0.230 e. The van der Waals surface area contributed by atoms with Crippen LogP contribution in [0.25, 0.3) is 0 Å². The number of hydrogen-bond acceptors (Lipinski definition) is 4. The van der Waals surface area contributed by atoms with Gasteiger partial charge >= 0.3 is 0 Å². The van der Waals surface area contributed by atoms with Gasteiger partial charge in [-0.2, -0.15) is 4.98 Å². The van der Waals surface area contributed by atoms with Crippen LogP contribution in [-0.2, 0) is 0 Å². The van der Waals surface area contributed by atoms with E-state index in [9.17, 15) is 0 Å². The minimum absolute atomic E-state index is 0.401. The Labute approximate surface area is 121 Å². The highest BCUT2D eigenvalue weighted by Crippen LogP contribution is 2.40. The molecular weight excluding hydrogens is 250 g/mol. The van der Waals surface area contributed by atoms with Gasteiger partial charge in [0, 0.05) is 11.8 Å². The van der Waals surface area contributed by atoms with Crippen LogP contribution in [0.4, 0.5) is 0 Å². The van der Waals surface area contributed by atoms with Crippen LogP contribution >= 0.6 is 0 Å². The van der Waals surface area contributed by atoms with Gasteiger partial charge in [0.15, 0.2) is 5.82 Å². The first-order valence-electron chi connectivity index (χ1n) is 8.35. The Morgan fingerprint density at radius 2 is 2.05 bits per heavy atom. The summed E-state index contributed by atoms with van der Waals surface area (Å²) in [4.78, 5) is 4.75. The van der Waals surface area contributed by atoms with Crippen molar-refractivity contribution in [3.63, 3.8) is 0 Å². The molecule has 2 aliphatic rings. The number of nitrogens with zero attached hydrogens (tertiary/aromatic N) is 2. The lowest BCUT2D eigenvalue weighted by Crippen LogP contribution is -2.25. The van der Waals surface area contributed by atoms with Crippen LogP contribution in [0.3, 0.4) is 0 Å². The van der Waals surface area contributed by atoms with Crippen LogP contribution in [0.2, 0.25) is 0 Å². The van der Waals surface area contributed by atoms with Gasteiger partial charge in [-0.3, -0.25) is 0 Å². The normalized spacial score (nSPS) is 34.5. The molecule has 3 rings (SSSR count).